The molecule has 0 spiro atoms. The molecule has 16 heavy (non-hydrogen) atoms. The molecule has 0 aromatic heterocycles. The van der Waals surface area contributed by atoms with Crippen molar-refractivity contribution in [3.8, 4) is 11.8 Å². The third kappa shape index (κ3) is 2.10. The van der Waals surface area contributed by atoms with Crippen LogP contribution in [0.3, 0.4) is 0 Å². The van der Waals surface area contributed by atoms with Crippen molar-refractivity contribution in [1.82, 2.24) is 0 Å². The van der Waals surface area contributed by atoms with Gasteiger partial charge in [-0.25, -0.2) is 0 Å². The van der Waals surface area contributed by atoms with Gasteiger partial charge >= 0.3 is 0 Å². The van der Waals surface area contributed by atoms with Gasteiger partial charge in [0.05, 0.1) is 17.6 Å². The predicted octanol–water partition coefficient (Wildman–Crippen LogP) is 1.85. The highest BCUT2D eigenvalue weighted by Crippen LogP contribution is 2.29. The number of carbonyl (C=O) groups excluding carboxylic acids is 1. The summed E-state index contributed by atoms with van der Waals surface area (Å²) in [6.07, 6.45) is 0. The van der Waals surface area contributed by atoms with Crippen LogP contribution in [0.25, 0.3) is 0 Å². The fourth-order valence-corrected chi connectivity index (χ4v) is 1.28. The molecule has 0 radical (unpaired) electrons. The maximum atomic E-state index is 11.0. The SMILES string of the molecule is COc1cc(C#N)c([N+](=O)[O-])cc1C(=O)Cl. The molecule has 0 aliphatic rings. The van der Waals surface area contributed by atoms with Gasteiger partial charge in [-0.2, -0.15) is 5.26 Å². The van der Waals surface area contributed by atoms with E-state index in [4.69, 9.17) is 21.6 Å². The standard InChI is InChI=1S/C9H5ClN2O4/c1-16-8-2-5(4-11)7(12(14)15)3-6(8)9(10)13/h2-3H,1H3. The highest BCUT2D eigenvalue weighted by molar-refractivity contribution is 6.68. The van der Waals surface area contributed by atoms with E-state index in [2.05, 4.69) is 0 Å². The minimum absolute atomic E-state index is 0.0298. The molecule has 1 aromatic carbocycles. The van der Waals surface area contributed by atoms with Crippen molar-refractivity contribution < 1.29 is 14.5 Å². The molecule has 0 fully saturated rings. The van der Waals surface area contributed by atoms with Gasteiger partial charge in [0.1, 0.15) is 17.4 Å². The van der Waals surface area contributed by atoms with E-state index in [0.717, 1.165) is 12.1 Å². The third-order valence-electron chi connectivity index (χ3n) is 1.85. The van der Waals surface area contributed by atoms with Crippen LogP contribution in [0.15, 0.2) is 12.1 Å². The van der Waals surface area contributed by atoms with Crippen LogP contribution in [-0.2, 0) is 0 Å². The molecule has 0 bridgehead atoms. The summed E-state index contributed by atoms with van der Waals surface area (Å²) in [6.45, 7) is 0. The number of methoxy groups -OCH3 is 1. The monoisotopic (exact) mass is 240 g/mol. The molecule has 7 heteroatoms. The van der Waals surface area contributed by atoms with Crippen molar-refractivity contribution in [3.63, 3.8) is 0 Å². The largest absolute Gasteiger partial charge is 0.496 e. The van der Waals surface area contributed by atoms with Gasteiger partial charge in [-0.15, -0.1) is 0 Å². The van der Waals surface area contributed by atoms with Crippen molar-refractivity contribution in [3.05, 3.63) is 33.4 Å². The first-order valence-electron chi connectivity index (χ1n) is 3.97. The van der Waals surface area contributed by atoms with Gasteiger partial charge in [0.15, 0.2) is 0 Å². The minimum Gasteiger partial charge on any atom is -0.496 e. The second-order valence-electron chi connectivity index (χ2n) is 2.71. The highest BCUT2D eigenvalue weighted by atomic mass is 35.5. The summed E-state index contributed by atoms with van der Waals surface area (Å²) in [5.41, 5.74) is -0.814. The van der Waals surface area contributed by atoms with Gasteiger partial charge in [0, 0.05) is 12.1 Å². The quantitative estimate of drug-likeness (QED) is 0.457. The van der Waals surface area contributed by atoms with Gasteiger partial charge in [-0.05, 0) is 11.6 Å². The van der Waals surface area contributed by atoms with Crippen LogP contribution in [-0.4, -0.2) is 17.3 Å². The Morgan fingerprint density at radius 3 is 2.62 bits per heavy atom. The van der Waals surface area contributed by atoms with Crippen LogP contribution in [0.4, 0.5) is 5.69 Å². The van der Waals surface area contributed by atoms with E-state index < -0.39 is 15.9 Å². The lowest BCUT2D eigenvalue weighted by Gasteiger charge is -2.05. The molecule has 0 amide bonds. The van der Waals surface area contributed by atoms with Crippen molar-refractivity contribution in [2.45, 2.75) is 0 Å². The Bertz CT molecular complexity index is 507. The number of rotatable bonds is 3. The van der Waals surface area contributed by atoms with Crippen LogP contribution in [0.1, 0.15) is 15.9 Å². The number of benzene rings is 1. The van der Waals surface area contributed by atoms with Gasteiger partial charge in [-0.1, -0.05) is 0 Å². The molecule has 0 atom stereocenters. The van der Waals surface area contributed by atoms with E-state index in [0.29, 0.717) is 0 Å². The summed E-state index contributed by atoms with van der Waals surface area (Å²) >= 11 is 5.23. The topological polar surface area (TPSA) is 93.2 Å². The molecular weight excluding hydrogens is 236 g/mol. The minimum atomic E-state index is -0.885. The number of halogens is 1. The average molecular weight is 241 g/mol. The second-order valence-corrected chi connectivity index (χ2v) is 3.06. The number of nitriles is 1. The Morgan fingerprint density at radius 1 is 1.62 bits per heavy atom. The molecule has 6 nitrogen and oxygen atoms in total. The smallest absolute Gasteiger partial charge is 0.288 e. The zero-order valence-corrected chi connectivity index (χ0v) is 8.82. The number of nitro groups is 1. The number of ether oxygens (including phenoxy) is 1. The van der Waals surface area contributed by atoms with Crippen LogP contribution < -0.4 is 4.74 Å². The van der Waals surface area contributed by atoms with E-state index in [1.54, 1.807) is 6.07 Å². The third-order valence-corrected chi connectivity index (χ3v) is 2.05. The normalized spacial score (nSPS) is 9.31. The number of nitro benzene ring substituents is 1. The summed E-state index contributed by atoms with van der Waals surface area (Å²) in [7, 11) is 1.27. The van der Waals surface area contributed by atoms with E-state index in [-0.39, 0.29) is 16.9 Å². The number of nitrogens with zero attached hydrogens (tertiary/aromatic N) is 2. The lowest BCUT2D eigenvalue weighted by atomic mass is 10.1. The van der Waals surface area contributed by atoms with Crippen molar-refractivity contribution in [2.75, 3.05) is 7.11 Å². The van der Waals surface area contributed by atoms with E-state index in [1.165, 1.54) is 7.11 Å². The fourth-order valence-electron chi connectivity index (χ4n) is 1.13. The Hall–Kier alpha value is -2.13. The molecule has 0 unspecified atom stereocenters. The van der Waals surface area contributed by atoms with Crippen molar-refractivity contribution >= 4 is 22.5 Å². The average Bonchev–Trinajstić information content (AvgIpc) is 2.26. The lowest BCUT2D eigenvalue weighted by Crippen LogP contribution is -2.00. The molecule has 0 N–H and O–H groups in total. The van der Waals surface area contributed by atoms with E-state index >= 15 is 0 Å². The zero-order chi connectivity index (χ0) is 12.3. The highest BCUT2D eigenvalue weighted by Gasteiger charge is 2.21. The van der Waals surface area contributed by atoms with Gasteiger partial charge in [0.25, 0.3) is 10.9 Å². The number of hydrogen-bond donors (Lipinski definition) is 0. The number of carbonyl (C=O) groups is 1. The molecule has 1 aromatic rings. The maximum absolute atomic E-state index is 11.0. The summed E-state index contributed by atoms with van der Waals surface area (Å²) < 4.78 is 4.80. The molecule has 0 aliphatic heterocycles. The molecule has 1 rings (SSSR count). The summed E-state index contributed by atoms with van der Waals surface area (Å²) in [4.78, 5) is 20.8. The number of hydrogen-bond acceptors (Lipinski definition) is 5. The zero-order valence-electron chi connectivity index (χ0n) is 8.06. The second kappa shape index (κ2) is 4.59. The molecule has 0 heterocycles. The van der Waals surface area contributed by atoms with Crippen LogP contribution in [0.2, 0.25) is 0 Å². The van der Waals surface area contributed by atoms with Crippen LogP contribution in [0, 0.1) is 21.4 Å². The summed E-state index contributed by atoms with van der Waals surface area (Å²) in [5, 5.41) is 18.4. The fraction of sp³-hybridized carbons (Fsp3) is 0.111. The van der Waals surface area contributed by atoms with Crippen LogP contribution in [0.5, 0.6) is 5.75 Å². The van der Waals surface area contributed by atoms with Crippen molar-refractivity contribution in [1.29, 1.82) is 5.26 Å². The van der Waals surface area contributed by atoms with Gasteiger partial charge in [-0.3, -0.25) is 14.9 Å². The molecule has 82 valence electrons. The van der Waals surface area contributed by atoms with E-state index in [9.17, 15) is 14.9 Å². The first kappa shape index (κ1) is 11.9. The Balaban J connectivity index is 3.54. The lowest BCUT2D eigenvalue weighted by molar-refractivity contribution is -0.385. The molecule has 0 saturated carbocycles. The molecular formula is C9H5ClN2O4. The summed E-state index contributed by atoms with van der Waals surface area (Å²) in [6, 6.07) is 3.67. The molecule has 0 saturated heterocycles. The van der Waals surface area contributed by atoms with Gasteiger partial charge in [0.2, 0.25) is 0 Å². The van der Waals surface area contributed by atoms with Gasteiger partial charge < -0.3 is 4.74 Å². The van der Waals surface area contributed by atoms with E-state index in [1.807, 2.05) is 0 Å². The Morgan fingerprint density at radius 2 is 2.25 bits per heavy atom. The Labute approximate surface area is 95.2 Å². The maximum Gasteiger partial charge on any atom is 0.288 e. The Kier molecular flexibility index (Phi) is 3.43. The first-order valence-corrected chi connectivity index (χ1v) is 4.35. The summed E-state index contributed by atoms with van der Waals surface area (Å²) in [5.74, 6) is 0.0298. The predicted molar refractivity (Wildman–Crippen MR) is 54.5 cm³/mol. The molecule has 0 aliphatic carbocycles. The van der Waals surface area contributed by atoms with Crippen molar-refractivity contribution in [2.24, 2.45) is 0 Å². The van der Waals surface area contributed by atoms with Crippen LogP contribution >= 0.6 is 11.6 Å². The first-order chi connectivity index (χ1) is 7.51.